The van der Waals surface area contributed by atoms with E-state index < -0.39 is 0 Å². The van der Waals surface area contributed by atoms with E-state index in [4.69, 9.17) is 0 Å². The van der Waals surface area contributed by atoms with Crippen LogP contribution >= 0.6 is 0 Å². The van der Waals surface area contributed by atoms with Gasteiger partial charge in [-0.1, -0.05) is 30.3 Å². The van der Waals surface area contributed by atoms with Gasteiger partial charge in [-0.3, -0.25) is 9.69 Å². The molecule has 0 bridgehead atoms. The Labute approximate surface area is 103 Å². The van der Waals surface area contributed by atoms with E-state index in [2.05, 4.69) is 35.2 Å². The lowest BCUT2D eigenvalue weighted by Crippen LogP contribution is -2.38. The summed E-state index contributed by atoms with van der Waals surface area (Å²) in [6.45, 7) is 2.10. The molecule has 1 aliphatic carbocycles. The minimum atomic E-state index is 0.340. The summed E-state index contributed by atoms with van der Waals surface area (Å²) in [4.78, 5) is 14.4. The molecule has 0 unspecified atom stereocenters. The first-order valence-corrected chi connectivity index (χ1v) is 6.65. The molecule has 1 saturated carbocycles. The van der Waals surface area contributed by atoms with Crippen LogP contribution in [0.5, 0.6) is 0 Å². The summed E-state index contributed by atoms with van der Waals surface area (Å²) in [5.74, 6) is 0.851. The van der Waals surface area contributed by atoms with Gasteiger partial charge in [-0.25, -0.2) is 0 Å². The summed E-state index contributed by atoms with van der Waals surface area (Å²) in [5, 5.41) is 0. The number of hydrogen-bond donors (Lipinski definition) is 0. The highest BCUT2D eigenvalue weighted by Crippen LogP contribution is 2.34. The molecule has 3 rings (SSSR count). The van der Waals surface area contributed by atoms with Crippen LogP contribution in [-0.4, -0.2) is 23.3 Å². The van der Waals surface area contributed by atoms with Gasteiger partial charge in [-0.05, 0) is 31.4 Å². The summed E-state index contributed by atoms with van der Waals surface area (Å²) in [7, 11) is 0. The fraction of sp³-hybridized carbons (Fsp3) is 0.533. The van der Waals surface area contributed by atoms with Crippen molar-refractivity contribution in [3.05, 3.63) is 35.9 Å². The minimum Gasteiger partial charge on any atom is -0.299 e. The average molecular weight is 229 g/mol. The second-order valence-electron chi connectivity index (χ2n) is 5.28. The molecule has 0 aromatic heterocycles. The SMILES string of the molecule is O=C1CCC[C@@H]2[C@H]1CCN2Cc1ccccc1. The second-order valence-corrected chi connectivity index (χ2v) is 5.28. The monoisotopic (exact) mass is 229 g/mol. The molecule has 1 heterocycles. The molecule has 0 amide bonds. The number of Topliss-reactive ketones (excluding diaryl/α,β-unsaturated/α-hetero) is 1. The summed E-state index contributed by atoms with van der Waals surface area (Å²) in [6, 6.07) is 11.1. The molecule has 1 aromatic carbocycles. The maximum atomic E-state index is 11.8. The highest BCUT2D eigenvalue weighted by Gasteiger charge is 2.40. The van der Waals surface area contributed by atoms with Crippen LogP contribution in [-0.2, 0) is 11.3 Å². The zero-order chi connectivity index (χ0) is 11.7. The third-order valence-electron chi connectivity index (χ3n) is 4.23. The quantitative estimate of drug-likeness (QED) is 0.777. The Balaban J connectivity index is 1.71. The summed E-state index contributed by atoms with van der Waals surface area (Å²) < 4.78 is 0. The van der Waals surface area contributed by atoms with Gasteiger partial charge in [0.1, 0.15) is 5.78 Å². The highest BCUT2D eigenvalue weighted by atomic mass is 16.1. The van der Waals surface area contributed by atoms with E-state index in [-0.39, 0.29) is 0 Å². The van der Waals surface area contributed by atoms with Gasteiger partial charge in [0, 0.05) is 24.9 Å². The summed E-state index contributed by atoms with van der Waals surface area (Å²) >= 11 is 0. The molecule has 17 heavy (non-hydrogen) atoms. The Bertz CT molecular complexity index is 401. The number of likely N-dealkylation sites (tertiary alicyclic amines) is 1. The normalized spacial score (nSPS) is 29.3. The smallest absolute Gasteiger partial charge is 0.137 e. The standard InChI is InChI=1S/C15H19NO/c17-15-8-4-7-14-13(15)9-10-16(14)11-12-5-2-1-3-6-12/h1-3,5-6,13-14H,4,7-11H2/t13-,14-/m1/s1. The highest BCUT2D eigenvalue weighted by molar-refractivity contribution is 5.82. The Morgan fingerprint density at radius 3 is 2.82 bits per heavy atom. The first-order chi connectivity index (χ1) is 8.34. The molecule has 2 atom stereocenters. The van der Waals surface area contributed by atoms with Crippen molar-refractivity contribution in [3.8, 4) is 0 Å². The lowest BCUT2D eigenvalue weighted by molar-refractivity contribution is -0.125. The van der Waals surface area contributed by atoms with Crippen molar-refractivity contribution in [1.82, 2.24) is 4.90 Å². The van der Waals surface area contributed by atoms with Crippen LogP contribution in [0.25, 0.3) is 0 Å². The lowest BCUT2D eigenvalue weighted by atomic mass is 9.84. The van der Waals surface area contributed by atoms with E-state index >= 15 is 0 Å². The van der Waals surface area contributed by atoms with E-state index in [0.717, 1.165) is 32.4 Å². The van der Waals surface area contributed by atoms with E-state index in [0.29, 0.717) is 17.7 Å². The van der Waals surface area contributed by atoms with Gasteiger partial charge in [-0.15, -0.1) is 0 Å². The maximum Gasteiger partial charge on any atom is 0.137 e. The van der Waals surface area contributed by atoms with Crippen molar-refractivity contribution in [2.24, 2.45) is 5.92 Å². The van der Waals surface area contributed by atoms with Crippen LogP contribution in [0.2, 0.25) is 0 Å². The molecule has 0 spiro atoms. The Kier molecular flexibility index (Phi) is 2.98. The molecule has 0 radical (unpaired) electrons. The molecule has 2 aliphatic rings. The zero-order valence-electron chi connectivity index (χ0n) is 10.1. The Morgan fingerprint density at radius 2 is 2.00 bits per heavy atom. The van der Waals surface area contributed by atoms with Crippen molar-refractivity contribution in [1.29, 1.82) is 0 Å². The minimum absolute atomic E-state index is 0.340. The third kappa shape index (κ3) is 2.14. The fourth-order valence-electron chi connectivity index (χ4n) is 3.36. The molecule has 1 aromatic rings. The van der Waals surface area contributed by atoms with Gasteiger partial charge in [0.2, 0.25) is 0 Å². The van der Waals surface area contributed by atoms with Gasteiger partial charge in [0.05, 0.1) is 0 Å². The molecule has 90 valence electrons. The summed E-state index contributed by atoms with van der Waals surface area (Å²) in [5.41, 5.74) is 1.37. The molecule has 1 aliphatic heterocycles. The van der Waals surface area contributed by atoms with Crippen LogP contribution < -0.4 is 0 Å². The lowest BCUT2D eigenvalue weighted by Gasteiger charge is -2.30. The van der Waals surface area contributed by atoms with E-state index in [1.54, 1.807) is 0 Å². The van der Waals surface area contributed by atoms with Crippen LogP contribution in [0.15, 0.2) is 30.3 Å². The number of hydrogen-bond acceptors (Lipinski definition) is 2. The van der Waals surface area contributed by atoms with Crippen LogP contribution in [0, 0.1) is 5.92 Å². The molecule has 2 fully saturated rings. The largest absolute Gasteiger partial charge is 0.299 e. The third-order valence-corrected chi connectivity index (χ3v) is 4.23. The first-order valence-electron chi connectivity index (χ1n) is 6.65. The van der Waals surface area contributed by atoms with Crippen molar-refractivity contribution >= 4 is 5.78 Å². The molecule has 2 nitrogen and oxygen atoms in total. The van der Waals surface area contributed by atoms with E-state index in [9.17, 15) is 4.79 Å². The number of rotatable bonds is 2. The predicted molar refractivity (Wildman–Crippen MR) is 67.6 cm³/mol. The average Bonchev–Trinajstić information content (AvgIpc) is 2.76. The van der Waals surface area contributed by atoms with Gasteiger partial charge in [-0.2, -0.15) is 0 Å². The van der Waals surface area contributed by atoms with Crippen molar-refractivity contribution < 1.29 is 4.79 Å². The van der Waals surface area contributed by atoms with Gasteiger partial charge < -0.3 is 0 Å². The Hall–Kier alpha value is -1.15. The fourth-order valence-corrected chi connectivity index (χ4v) is 3.36. The number of fused-ring (bicyclic) bond motifs is 1. The molecule has 0 N–H and O–H groups in total. The van der Waals surface area contributed by atoms with Crippen LogP contribution in [0.3, 0.4) is 0 Å². The van der Waals surface area contributed by atoms with Crippen LogP contribution in [0.1, 0.15) is 31.2 Å². The van der Waals surface area contributed by atoms with Crippen LogP contribution in [0.4, 0.5) is 0 Å². The molecular weight excluding hydrogens is 210 g/mol. The molecule has 2 heteroatoms. The van der Waals surface area contributed by atoms with Gasteiger partial charge in [0.25, 0.3) is 0 Å². The predicted octanol–water partition coefficient (Wildman–Crippen LogP) is 2.63. The van der Waals surface area contributed by atoms with Crippen molar-refractivity contribution in [2.75, 3.05) is 6.54 Å². The second kappa shape index (κ2) is 4.61. The first kappa shape index (κ1) is 11.0. The topological polar surface area (TPSA) is 20.3 Å². The van der Waals surface area contributed by atoms with E-state index in [1.807, 2.05) is 0 Å². The number of carbonyl (C=O) groups is 1. The molecule has 1 saturated heterocycles. The maximum absolute atomic E-state index is 11.8. The Morgan fingerprint density at radius 1 is 1.18 bits per heavy atom. The van der Waals surface area contributed by atoms with Crippen molar-refractivity contribution in [3.63, 3.8) is 0 Å². The van der Waals surface area contributed by atoms with Crippen molar-refractivity contribution in [2.45, 2.75) is 38.3 Å². The number of ketones is 1. The number of carbonyl (C=O) groups excluding carboxylic acids is 1. The zero-order valence-corrected chi connectivity index (χ0v) is 10.1. The van der Waals surface area contributed by atoms with Gasteiger partial charge in [0.15, 0.2) is 0 Å². The number of nitrogens with zero attached hydrogens (tertiary/aromatic N) is 1. The summed E-state index contributed by atoms with van der Waals surface area (Å²) in [6.07, 6.45) is 4.20. The molecular formula is C15H19NO. The van der Waals surface area contributed by atoms with E-state index in [1.165, 1.54) is 12.0 Å². The van der Waals surface area contributed by atoms with Gasteiger partial charge >= 0.3 is 0 Å². The number of benzene rings is 1.